The fourth-order valence-electron chi connectivity index (χ4n) is 1.23. The summed E-state index contributed by atoms with van der Waals surface area (Å²) in [7, 11) is 0. The van der Waals surface area contributed by atoms with Gasteiger partial charge in [-0.1, -0.05) is 27.7 Å². The Morgan fingerprint density at radius 3 is 2.67 bits per heavy atom. The van der Waals surface area contributed by atoms with Crippen LogP contribution in [0.15, 0.2) is 38.4 Å². The van der Waals surface area contributed by atoms with Crippen molar-refractivity contribution in [3.63, 3.8) is 0 Å². The van der Waals surface area contributed by atoms with Gasteiger partial charge in [0.05, 0.1) is 4.47 Å². The normalized spacial score (nSPS) is 10.4. The van der Waals surface area contributed by atoms with Gasteiger partial charge in [0.2, 0.25) is 5.88 Å². The van der Waals surface area contributed by atoms with Crippen molar-refractivity contribution in [2.24, 2.45) is 0 Å². The average molecular weight is 391 g/mol. The minimum absolute atomic E-state index is 0.387. The van der Waals surface area contributed by atoms with E-state index in [0.717, 1.165) is 8.95 Å². The van der Waals surface area contributed by atoms with Gasteiger partial charge >= 0.3 is 0 Å². The van der Waals surface area contributed by atoms with E-state index in [0.29, 0.717) is 22.6 Å². The minimum Gasteiger partial charge on any atom is -0.438 e. The molecule has 2 rings (SSSR count). The number of hydrogen-bond acceptors (Lipinski definition) is 5. The highest BCUT2D eigenvalue weighted by molar-refractivity contribution is 9.11. The summed E-state index contributed by atoms with van der Waals surface area (Å²) in [6, 6.07) is 7.22. The Morgan fingerprint density at radius 1 is 1.22 bits per heavy atom. The van der Waals surface area contributed by atoms with Crippen molar-refractivity contribution >= 4 is 49.4 Å². The lowest BCUT2D eigenvalue weighted by Gasteiger charge is -2.08. The molecule has 0 saturated carbocycles. The molecule has 0 fully saturated rings. The lowest BCUT2D eigenvalue weighted by atomic mass is 10.3. The molecular weight excluding hydrogens is 382 g/mol. The Hall–Kier alpha value is -0.790. The number of nitrogens with zero attached hydrogens (tertiary/aromatic N) is 2. The summed E-state index contributed by atoms with van der Waals surface area (Å²) in [4.78, 5) is 8.29. The van der Waals surface area contributed by atoms with Gasteiger partial charge in [0.25, 0.3) is 0 Å². The zero-order valence-corrected chi connectivity index (χ0v) is 13.3. The number of anilines is 1. The van der Waals surface area contributed by atoms with Crippen molar-refractivity contribution in [3.05, 3.63) is 33.2 Å². The smallest absolute Gasteiger partial charge is 0.225 e. The molecule has 0 atom stereocenters. The topological polar surface area (TPSA) is 61.0 Å². The summed E-state index contributed by atoms with van der Waals surface area (Å²) in [5.74, 6) is 1.48. The number of thioether (sulfide) groups is 1. The molecule has 0 aliphatic rings. The Bertz CT molecular complexity index is 580. The summed E-state index contributed by atoms with van der Waals surface area (Å²) in [6.45, 7) is 0. The maximum atomic E-state index is 5.69. The first-order valence-corrected chi connectivity index (χ1v) is 7.71. The zero-order valence-electron chi connectivity index (χ0n) is 9.35. The summed E-state index contributed by atoms with van der Waals surface area (Å²) in [6.07, 6.45) is 1.88. The highest BCUT2D eigenvalue weighted by Gasteiger charge is 2.07. The molecule has 2 aromatic rings. The number of halogens is 2. The van der Waals surface area contributed by atoms with Crippen LogP contribution in [-0.4, -0.2) is 16.2 Å². The Kier molecular flexibility index (Phi) is 4.47. The molecule has 94 valence electrons. The number of hydrogen-bond donors (Lipinski definition) is 1. The van der Waals surface area contributed by atoms with Crippen LogP contribution in [0.2, 0.25) is 0 Å². The van der Waals surface area contributed by atoms with Gasteiger partial charge in [-0.15, -0.1) is 0 Å². The largest absolute Gasteiger partial charge is 0.438 e. The second-order valence-electron chi connectivity index (χ2n) is 3.29. The van der Waals surface area contributed by atoms with Gasteiger partial charge in [-0.05, 0) is 40.4 Å². The van der Waals surface area contributed by atoms with Crippen LogP contribution in [-0.2, 0) is 0 Å². The van der Waals surface area contributed by atoms with Crippen LogP contribution in [0.25, 0.3) is 0 Å². The average Bonchev–Trinajstić information content (AvgIpc) is 2.32. The Morgan fingerprint density at radius 2 is 2.00 bits per heavy atom. The fourth-order valence-corrected chi connectivity index (χ4v) is 2.74. The molecule has 2 N–H and O–H groups in total. The number of aromatic nitrogens is 2. The minimum atomic E-state index is 0.387. The molecule has 0 amide bonds. The lowest BCUT2D eigenvalue weighted by Crippen LogP contribution is -1.97. The van der Waals surface area contributed by atoms with E-state index in [-0.39, 0.29) is 0 Å². The number of rotatable bonds is 3. The fraction of sp³-hybridized carbons (Fsp3) is 0.0909. The monoisotopic (exact) mass is 389 g/mol. The van der Waals surface area contributed by atoms with Crippen LogP contribution in [0, 0.1) is 0 Å². The van der Waals surface area contributed by atoms with E-state index in [1.165, 1.54) is 11.8 Å². The molecule has 0 bridgehead atoms. The van der Waals surface area contributed by atoms with E-state index in [4.69, 9.17) is 10.5 Å². The molecule has 0 aliphatic carbocycles. The molecule has 7 heteroatoms. The Labute approximate surface area is 126 Å². The predicted octanol–water partition coefficient (Wildman–Crippen LogP) is 4.10. The summed E-state index contributed by atoms with van der Waals surface area (Å²) < 4.78 is 7.47. The molecule has 0 aliphatic heterocycles. The predicted molar refractivity (Wildman–Crippen MR) is 80.1 cm³/mol. The number of nitrogens with two attached hydrogens (primary N) is 1. The molecule has 1 aromatic carbocycles. The molecule has 4 nitrogen and oxygen atoms in total. The molecule has 1 heterocycles. The van der Waals surface area contributed by atoms with Gasteiger partial charge in [-0.3, -0.25) is 0 Å². The van der Waals surface area contributed by atoms with Crippen LogP contribution in [0.1, 0.15) is 0 Å². The summed E-state index contributed by atoms with van der Waals surface area (Å²) in [5, 5.41) is 0.582. The molecular formula is C11H9Br2N3OS. The van der Waals surface area contributed by atoms with Gasteiger partial charge in [-0.25, -0.2) is 4.98 Å². The first-order chi connectivity index (χ1) is 8.58. The second kappa shape index (κ2) is 5.90. The van der Waals surface area contributed by atoms with Crippen molar-refractivity contribution in [2.75, 3.05) is 12.0 Å². The van der Waals surface area contributed by atoms with Crippen molar-refractivity contribution in [2.45, 2.75) is 5.16 Å². The number of ether oxygens (including phenoxy) is 1. The summed E-state index contributed by atoms with van der Waals surface area (Å²) >= 11 is 8.22. The van der Waals surface area contributed by atoms with E-state index in [2.05, 4.69) is 41.8 Å². The first kappa shape index (κ1) is 13.6. The van der Waals surface area contributed by atoms with Crippen LogP contribution >= 0.6 is 43.6 Å². The molecule has 0 spiro atoms. The molecule has 0 unspecified atom stereocenters. The van der Waals surface area contributed by atoms with Crippen LogP contribution < -0.4 is 10.5 Å². The van der Waals surface area contributed by atoms with E-state index >= 15 is 0 Å². The quantitative estimate of drug-likeness (QED) is 0.631. The van der Waals surface area contributed by atoms with Crippen molar-refractivity contribution in [1.82, 2.24) is 9.97 Å². The lowest BCUT2D eigenvalue weighted by molar-refractivity contribution is 0.453. The summed E-state index contributed by atoms with van der Waals surface area (Å²) in [5.41, 5.74) is 5.69. The molecule has 0 saturated heterocycles. The van der Waals surface area contributed by atoms with Crippen molar-refractivity contribution < 1.29 is 4.74 Å². The van der Waals surface area contributed by atoms with Gasteiger partial charge in [0.15, 0.2) is 5.16 Å². The van der Waals surface area contributed by atoms with E-state index in [1.807, 2.05) is 24.5 Å². The number of benzene rings is 1. The molecule has 18 heavy (non-hydrogen) atoms. The molecule has 0 radical (unpaired) electrons. The van der Waals surface area contributed by atoms with Crippen LogP contribution in [0.4, 0.5) is 5.82 Å². The van der Waals surface area contributed by atoms with E-state index < -0.39 is 0 Å². The van der Waals surface area contributed by atoms with Crippen molar-refractivity contribution in [3.8, 4) is 11.6 Å². The highest BCUT2D eigenvalue weighted by Crippen LogP contribution is 2.32. The standard InChI is InChI=1S/C11H9Br2N3OS/c1-18-11-15-9(14)5-10(16-11)17-8-3-2-6(12)4-7(8)13/h2-5H,1H3,(H2,14,15,16). The maximum Gasteiger partial charge on any atom is 0.225 e. The third kappa shape index (κ3) is 3.37. The zero-order chi connectivity index (χ0) is 13.1. The third-order valence-corrected chi connectivity index (χ3v) is 3.65. The number of nitrogen functional groups attached to an aromatic ring is 1. The SMILES string of the molecule is CSc1nc(N)cc(Oc2ccc(Br)cc2Br)n1. The van der Waals surface area contributed by atoms with Gasteiger partial charge in [0.1, 0.15) is 11.6 Å². The third-order valence-electron chi connectivity index (χ3n) is 1.99. The van der Waals surface area contributed by atoms with Gasteiger partial charge in [-0.2, -0.15) is 4.98 Å². The highest BCUT2D eigenvalue weighted by atomic mass is 79.9. The van der Waals surface area contributed by atoms with Gasteiger partial charge < -0.3 is 10.5 Å². The maximum absolute atomic E-state index is 5.69. The van der Waals surface area contributed by atoms with E-state index in [1.54, 1.807) is 6.07 Å². The first-order valence-electron chi connectivity index (χ1n) is 4.90. The van der Waals surface area contributed by atoms with Crippen LogP contribution in [0.5, 0.6) is 11.6 Å². The molecule has 1 aromatic heterocycles. The second-order valence-corrected chi connectivity index (χ2v) is 5.84. The van der Waals surface area contributed by atoms with Crippen molar-refractivity contribution in [1.29, 1.82) is 0 Å². The van der Waals surface area contributed by atoms with Crippen LogP contribution in [0.3, 0.4) is 0 Å². The van der Waals surface area contributed by atoms with Gasteiger partial charge in [0, 0.05) is 10.5 Å². The Balaban J connectivity index is 2.30. The van der Waals surface area contributed by atoms with E-state index in [9.17, 15) is 0 Å².